The van der Waals surface area contributed by atoms with Crippen molar-refractivity contribution < 1.29 is 9.84 Å². The van der Waals surface area contributed by atoms with E-state index in [0.29, 0.717) is 25.5 Å². The molecule has 1 aromatic rings. The molecule has 3 heteroatoms. The summed E-state index contributed by atoms with van der Waals surface area (Å²) in [4.78, 5) is 0. The zero-order chi connectivity index (χ0) is 12.0. The van der Waals surface area contributed by atoms with Gasteiger partial charge in [-0.2, -0.15) is 0 Å². The highest BCUT2D eigenvalue weighted by Crippen LogP contribution is 2.25. The molecule has 1 atom stereocenters. The molecule has 3 N–H and O–H groups in total. The van der Waals surface area contributed by atoms with Gasteiger partial charge in [-0.1, -0.05) is 32.0 Å². The van der Waals surface area contributed by atoms with E-state index in [2.05, 4.69) is 19.9 Å². The van der Waals surface area contributed by atoms with Crippen molar-refractivity contribution in [1.29, 1.82) is 0 Å². The van der Waals surface area contributed by atoms with Gasteiger partial charge in [0, 0.05) is 0 Å². The molecule has 0 amide bonds. The third-order valence-electron chi connectivity index (χ3n) is 2.47. The molecule has 0 aromatic heterocycles. The Hall–Kier alpha value is -1.06. The fraction of sp³-hybridized carbons (Fsp3) is 0.538. The molecule has 0 spiro atoms. The van der Waals surface area contributed by atoms with Crippen LogP contribution in [0.1, 0.15) is 31.7 Å². The monoisotopic (exact) mass is 223 g/mol. The van der Waals surface area contributed by atoms with Gasteiger partial charge in [0.1, 0.15) is 12.4 Å². The molecular formula is C13H21NO2. The molecule has 16 heavy (non-hydrogen) atoms. The van der Waals surface area contributed by atoms with Crippen molar-refractivity contribution in [3.63, 3.8) is 0 Å². The van der Waals surface area contributed by atoms with Crippen LogP contribution in [0.15, 0.2) is 24.3 Å². The molecule has 0 radical (unpaired) electrons. The van der Waals surface area contributed by atoms with Crippen LogP contribution < -0.4 is 10.5 Å². The number of rotatable bonds is 6. The molecule has 0 heterocycles. The lowest BCUT2D eigenvalue weighted by atomic mass is 10.0. The van der Waals surface area contributed by atoms with Crippen molar-refractivity contribution in [3.05, 3.63) is 29.8 Å². The van der Waals surface area contributed by atoms with Gasteiger partial charge in [0.05, 0.1) is 6.10 Å². The van der Waals surface area contributed by atoms with E-state index in [4.69, 9.17) is 10.5 Å². The largest absolute Gasteiger partial charge is 0.491 e. The van der Waals surface area contributed by atoms with E-state index in [-0.39, 0.29) is 0 Å². The predicted octanol–water partition coefficient (Wildman–Crippen LogP) is 1.90. The fourth-order valence-electron chi connectivity index (χ4n) is 1.55. The summed E-state index contributed by atoms with van der Waals surface area (Å²) in [5, 5.41) is 9.53. The highest BCUT2D eigenvalue weighted by Gasteiger charge is 2.09. The molecule has 0 fully saturated rings. The Bertz CT molecular complexity index is 313. The van der Waals surface area contributed by atoms with E-state index in [1.807, 2.05) is 18.2 Å². The molecule has 1 unspecified atom stereocenters. The Morgan fingerprint density at radius 1 is 1.31 bits per heavy atom. The summed E-state index contributed by atoms with van der Waals surface area (Å²) in [5.74, 6) is 1.27. The number of para-hydroxylation sites is 1. The van der Waals surface area contributed by atoms with Gasteiger partial charge in [0.15, 0.2) is 0 Å². The first kappa shape index (κ1) is 13.0. The Kier molecular flexibility index (Phi) is 5.29. The van der Waals surface area contributed by atoms with E-state index in [0.717, 1.165) is 5.75 Å². The average molecular weight is 223 g/mol. The van der Waals surface area contributed by atoms with E-state index in [1.54, 1.807) is 0 Å². The van der Waals surface area contributed by atoms with Crippen LogP contribution in [0.2, 0.25) is 0 Å². The number of hydrogen-bond donors (Lipinski definition) is 2. The maximum Gasteiger partial charge on any atom is 0.122 e. The van der Waals surface area contributed by atoms with Crippen LogP contribution in [0.25, 0.3) is 0 Å². The summed E-state index contributed by atoms with van der Waals surface area (Å²) in [6.45, 7) is 5.04. The first-order valence-corrected chi connectivity index (χ1v) is 5.75. The van der Waals surface area contributed by atoms with Gasteiger partial charge in [0.25, 0.3) is 0 Å². The third kappa shape index (κ3) is 3.83. The minimum absolute atomic E-state index is 0.306. The lowest BCUT2D eigenvalue weighted by Gasteiger charge is -2.16. The highest BCUT2D eigenvalue weighted by molar-refractivity contribution is 5.35. The topological polar surface area (TPSA) is 55.5 Å². The second-order valence-corrected chi connectivity index (χ2v) is 4.23. The lowest BCUT2D eigenvalue weighted by molar-refractivity contribution is 0.101. The number of ether oxygens (including phenoxy) is 1. The Balaban J connectivity index is 2.59. The lowest BCUT2D eigenvalue weighted by Crippen LogP contribution is -2.21. The van der Waals surface area contributed by atoms with Crippen LogP contribution >= 0.6 is 0 Å². The second-order valence-electron chi connectivity index (χ2n) is 4.23. The Labute approximate surface area is 97.2 Å². The molecule has 1 aromatic carbocycles. The zero-order valence-electron chi connectivity index (χ0n) is 10.0. The molecule has 0 aliphatic heterocycles. The van der Waals surface area contributed by atoms with Crippen molar-refractivity contribution in [2.45, 2.75) is 32.3 Å². The van der Waals surface area contributed by atoms with Crippen LogP contribution in [0.4, 0.5) is 0 Å². The summed E-state index contributed by atoms with van der Waals surface area (Å²) in [6.07, 6.45) is 0.0920. The predicted molar refractivity (Wildman–Crippen MR) is 65.7 cm³/mol. The molecule has 3 nitrogen and oxygen atoms in total. The second kappa shape index (κ2) is 6.51. The summed E-state index contributed by atoms with van der Waals surface area (Å²) in [5.41, 5.74) is 6.53. The maximum atomic E-state index is 9.53. The minimum atomic E-state index is -0.481. The molecule has 0 saturated heterocycles. The van der Waals surface area contributed by atoms with Crippen LogP contribution in [-0.4, -0.2) is 24.4 Å². The van der Waals surface area contributed by atoms with Crippen LogP contribution in [0.3, 0.4) is 0 Å². The van der Waals surface area contributed by atoms with E-state index in [9.17, 15) is 5.11 Å². The molecule has 90 valence electrons. The summed E-state index contributed by atoms with van der Waals surface area (Å²) >= 11 is 0. The molecule has 0 saturated carbocycles. The van der Waals surface area contributed by atoms with Crippen LogP contribution in [0.5, 0.6) is 5.75 Å². The highest BCUT2D eigenvalue weighted by atomic mass is 16.5. The van der Waals surface area contributed by atoms with Crippen molar-refractivity contribution in [2.75, 3.05) is 13.2 Å². The first-order chi connectivity index (χ1) is 7.65. The van der Waals surface area contributed by atoms with Gasteiger partial charge < -0.3 is 15.6 Å². The SMILES string of the molecule is CC(C)c1ccccc1OCC(O)CCN. The van der Waals surface area contributed by atoms with Gasteiger partial charge in [0.2, 0.25) is 0 Å². The van der Waals surface area contributed by atoms with E-state index < -0.39 is 6.10 Å². The van der Waals surface area contributed by atoms with E-state index in [1.165, 1.54) is 5.56 Å². The maximum absolute atomic E-state index is 9.53. The normalized spacial score (nSPS) is 12.8. The number of aliphatic hydroxyl groups excluding tert-OH is 1. The summed E-state index contributed by atoms with van der Waals surface area (Å²) < 4.78 is 5.61. The zero-order valence-corrected chi connectivity index (χ0v) is 10.0. The van der Waals surface area contributed by atoms with Gasteiger partial charge in [-0.15, -0.1) is 0 Å². The molecular weight excluding hydrogens is 202 g/mol. The van der Waals surface area contributed by atoms with Crippen molar-refractivity contribution in [1.82, 2.24) is 0 Å². The standard InChI is InChI=1S/C13H21NO2/c1-10(2)12-5-3-4-6-13(12)16-9-11(15)7-8-14/h3-6,10-11,15H,7-9,14H2,1-2H3. The third-order valence-corrected chi connectivity index (χ3v) is 2.47. The summed E-state index contributed by atoms with van der Waals surface area (Å²) in [7, 11) is 0. The van der Waals surface area contributed by atoms with Gasteiger partial charge in [-0.05, 0) is 30.5 Å². The van der Waals surface area contributed by atoms with Gasteiger partial charge >= 0.3 is 0 Å². The minimum Gasteiger partial charge on any atom is -0.491 e. The first-order valence-electron chi connectivity index (χ1n) is 5.75. The van der Waals surface area contributed by atoms with Crippen molar-refractivity contribution in [2.24, 2.45) is 5.73 Å². The van der Waals surface area contributed by atoms with Gasteiger partial charge in [-0.3, -0.25) is 0 Å². The number of benzene rings is 1. The van der Waals surface area contributed by atoms with Gasteiger partial charge in [-0.25, -0.2) is 0 Å². The number of nitrogens with two attached hydrogens (primary N) is 1. The molecule has 0 bridgehead atoms. The Morgan fingerprint density at radius 2 is 2.00 bits per heavy atom. The molecule has 1 rings (SSSR count). The Morgan fingerprint density at radius 3 is 2.62 bits per heavy atom. The van der Waals surface area contributed by atoms with Crippen molar-refractivity contribution in [3.8, 4) is 5.75 Å². The quantitative estimate of drug-likeness (QED) is 0.774. The average Bonchev–Trinajstić information content (AvgIpc) is 2.27. The number of aliphatic hydroxyl groups is 1. The van der Waals surface area contributed by atoms with E-state index >= 15 is 0 Å². The fourth-order valence-corrected chi connectivity index (χ4v) is 1.55. The summed E-state index contributed by atoms with van der Waals surface area (Å²) in [6, 6.07) is 7.93. The van der Waals surface area contributed by atoms with Crippen LogP contribution in [-0.2, 0) is 0 Å². The smallest absolute Gasteiger partial charge is 0.122 e. The van der Waals surface area contributed by atoms with Crippen molar-refractivity contribution >= 4 is 0 Å². The molecule has 0 aliphatic rings. The van der Waals surface area contributed by atoms with Crippen LogP contribution in [0, 0.1) is 0 Å². The molecule has 0 aliphatic carbocycles. The number of hydrogen-bond acceptors (Lipinski definition) is 3.